The number of rotatable bonds is 6. The summed E-state index contributed by atoms with van der Waals surface area (Å²) in [6.45, 7) is 8.05. The zero-order valence-corrected chi connectivity index (χ0v) is 14.5. The third-order valence-electron chi connectivity index (χ3n) is 4.05. The molecule has 0 aliphatic rings. The van der Waals surface area contributed by atoms with Crippen molar-refractivity contribution < 1.29 is 14.3 Å². The Hall–Kier alpha value is -2.21. The van der Waals surface area contributed by atoms with Gasteiger partial charge in [0.25, 0.3) is 5.91 Å². The highest BCUT2D eigenvalue weighted by Crippen LogP contribution is 2.25. The fourth-order valence-electron chi connectivity index (χ4n) is 2.59. The number of carbonyl (C=O) groups is 1. The number of benzene rings is 1. The van der Waals surface area contributed by atoms with E-state index in [1.807, 2.05) is 27.7 Å². The molecule has 0 aliphatic carbocycles. The molecule has 1 amide bonds. The minimum atomic E-state index is -0.519. The van der Waals surface area contributed by atoms with E-state index >= 15 is 0 Å². The molecule has 0 fully saturated rings. The number of aromatic nitrogens is 2. The van der Waals surface area contributed by atoms with Crippen molar-refractivity contribution in [1.29, 1.82) is 0 Å². The lowest BCUT2D eigenvalue weighted by atomic mass is 9.80. The van der Waals surface area contributed by atoms with Crippen LogP contribution < -0.4 is 5.32 Å². The Morgan fingerprint density at radius 2 is 1.92 bits per heavy atom. The van der Waals surface area contributed by atoms with E-state index in [1.165, 1.54) is 16.8 Å². The molecule has 2 aromatic rings. The molecular weight excluding hydrogens is 309 g/mol. The summed E-state index contributed by atoms with van der Waals surface area (Å²) in [7, 11) is 0. The Morgan fingerprint density at radius 1 is 1.29 bits per heavy atom. The summed E-state index contributed by atoms with van der Waals surface area (Å²) in [5.74, 6) is -0.524. The van der Waals surface area contributed by atoms with Crippen LogP contribution in [0, 0.1) is 17.2 Å². The van der Waals surface area contributed by atoms with Crippen molar-refractivity contribution in [3.63, 3.8) is 0 Å². The molecule has 0 aliphatic heterocycles. The third kappa shape index (κ3) is 4.20. The van der Waals surface area contributed by atoms with Crippen LogP contribution in [0.5, 0.6) is 0 Å². The van der Waals surface area contributed by atoms with Crippen LogP contribution in [0.3, 0.4) is 0 Å². The molecule has 0 radical (unpaired) electrons. The highest BCUT2D eigenvalue weighted by atomic mass is 19.1. The van der Waals surface area contributed by atoms with Crippen molar-refractivity contribution in [2.75, 3.05) is 6.54 Å². The summed E-state index contributed by atoms with van der Waals surface area (Å²) in [4.78, 5) is 12.3. The predicted molar refractivity (Wildman–Crippen MR) is 90.5 cm³/mol. The van der Waals surface area contributed by atoms with E-state index in [2.05, 4.69) is 10.4 Å². The number of nitrogens with one attached hydrogen (secondary N) is 1. The van der Waals surface area contributed by atoms with Crippen molar-refractivity contribution in [1.82, 2.24) is 15.1 Å². The molecule has 1 aromatic carbocycles. The number of carbonyl (C=O) groups excluding carboxylic acids is 1. The van der Waals surface area contributed by atoms with Crippen LogP contribution in [0.25, 0.3) is 5.69 Å². The first-order chi connectivity index (χ1) is 11.2. The van der Waals surface area contributed by atoms with Gasteiger partial charge in [0, 0.05) is 18.2 Å². The fourth-order valence-corrected chi connectivity index (χ4v) is 2.59. The lowest BCUT2D eigenvalue weighted by Crippen LogP contribution is -2.43. The maximum atomic E-state index is 13.0. The summed E-state index contributed by atoms with van der Waals surface area (Å²) in [5.41, 5.74) is 0.503. The molecule has 1 unspecified atom stereocenters. The first-order valence-electron chi connectivity index (χ1n) is 7.98. The molecule has 1 heterocycles. The molecule has 0 bridgehead atoms. The van der Waals surface area contributed by atoms with Crippen molar-refractivity contribution >= 4 is 5.91 Å². The van der Waals surface area contributed by atoms with Gasteiger partial charge in [0.1, 0.15) is 5.82 Å². The topological polar surface area (TPSA) is 67.2 Å². The van der Waals surface area contributed by atoms with Gasteiger partial charge in [0.15, 0.2) is 5.69 Å². The van der Waals surface area contributed by atoms with Crippen molar-refractivity contribution in [2.45, 2.75) is 33.8 Å². The van der Waals surface area contributed by atoms with Gasteiger partial charge in [-0.05, 0) is 36.2 Å². The molecule has 0 saturated heterocycles. The standard InChI is InChI=1S/C18H24FN3O2/c1-12(2)16(23)18(3,4)11-20-17(24)15-9-10-22(21-15)14-7-5-13(19)6-8-14/h5-10,12,16,23H,11H2,1-4H3,(H,20,24). The van der Waals surface area contributed by atoms with Gasteiger partial charge in [-0.2, -0.15) is 5.10 Å². The highest BCUT2D eigenvalue weighted by molar-refractivity contribution is 5.92. The normalized spacial score (nSPS) is 13.1. The van der Waals surface area contributed by atoms with E-state index in [-0.39, 0.29) is 23.3 Å². The number of hydrogen-bond acceptors (Lipinski definition) is 3. The lowest BCUT2D eigenvalue weighted by molar-refractivity contribution is 0.0138. The van der Waals surface area contributed by atoms with Gasteiger partial charge >= 0.3 is 0 Å². The Morgan fingerprint density at radius 3 is 2.50 bits per heavy atom. The number of aliphatic hydroxyl groups excluding tert-OH is 1. The average molecular weight is 333 g/mol. The van der Waals surface area contributed by atoms with E-state index in [1.54, 1.807) is 24.4 Å². The zero-order chi connectivity index (χ0) is 17.9. The van der Waals surface area contributed by atoms with Gasteiger partial charge in [-0.25, -0.2) is 9.07 Å². The molecule has 130 valence electrons. The molecule has 1 atom stereocenters. The van der Waals surface area contributed by atoms with Gasteiger partial charge in [0.05, 0.1) is 11.8 Å². The first-order valence-corrected chi connectivity index (χ1v) is 7.98. The maximum Gasteiger partial charge on any atom is 0.271 e. The number of hydrogen-bond donors (Lipinski definition) is 2. The molecule has 0 saturated carbocycles. The SMILES string of the molecule is CC(C)C(O)C(C)(C)CNC(=O)c1ccn(-c2ccc(F)cc2)n1. The van der Waals surface area contributed by atoms with Gasteiger partial charge in [0.2, 0.25) is 0 Å². The number of nitrogens with zero attached hydrogens (tertiary/aromatic N) is 2. The number of halogens is 1. The summed E-state index contributed by atoms with van der Waals surface area (Å²) >= 11 is 0. The number of amides is 1. The number of aliphatic hydroxyl groups is 1. The summed E-state index contributed by atoms with van der Waals surface area (Å²) in [6.07, 6.45) is 1.13. The van der Waals surface area contributed by atoms with Gasteiger partial charge < -0.3 is 10.4 Å². The van der Waals surface area contributed by atoms with Crippen molar-refractivity contribution in [3.8, 4) is 5.69 Å². The smallest absolute Gasteiger partial charge is 0.271 e. The van der Waals surface area contributed by atoms with E-state index in [0.717, 1.165) is 0 Å². The Balaban J connectivity index is 2.02. The molecule has 1 aromatic heterocycles. The third-order valence-corrected chi connectivity index (χ3v) is 4.05. The summed E-state index contributed by atoms with van der Waals surface area (Å²) in [6, 6.07) is 7.46. The largest absolute Gasteiger partial charge is 0.392 e. The van der Waals surface area contributed by atoms with Gasteiger partial charge in [-0.15, -0.1) is 0 Å². The molecular formula is C18H24FN3O2. The fraction of sp³-hybridized carbons (Fsp3) is 0.444. The molecule has 24 heavy (non-hydrogen) atoms. The second kappa shape index (κ2) is 7.13. The minimum absolute atomic E-state index is 0.106. The van der Waals surface area contributed by atoms with E-state index in [4.69, 9.17) is 0 Å². The van der Waals surface area contributed by atoms with Crippen molar-refractivity contribution in [3.05, 3.63) is 48.0 Å². The Kier molecular flexibility index (Phi) is 5.39. The van der Waals surface area contributed by atoms with Crippen LogP contribution in [0.2, 0.25) is 0 Å². The van der Waals surface area contributed by atoms with Crippen LogP contribution in [-0.2, 0) is 0 Å². The molecule has 2 rings (SSSR count). The van der Waals surface area contributed by atoms with Crippen LogP contribution in [0.1, 0.15) is 38.2 Å². The predicted octanol–water partition coefficient (Wildman–Crippen LogP) is 2.78. The summed E-state index contributed by atoms with van der Waals surface area (Å²) in [5, 5.41) is 17.2. The maximum absolute atomic E-state index is 13.0. The lowest BCUT2D eigenvalue weighted by Gasteiger charge is -2.33. The van der Waals surface area contributed by atoms with Gasteiger partial charge in [-0.1, -0.05) is 27.7 Å². The van der Waals surface area contributed by atoms with Crippen LogP contribution in [0.4, 0.5) is 4.39 Å². The van der Waals surface area contributed by atoms with Crippen LogP contribution in [0.15, 0.2) is 36.5 Å². The van der Waals surface area contributed by atoms with Gasteiger partial charge in [-0.3, -0.25) is 4.79 Å². The van der Waals surface area contributed by atoms with E-state index < -0.39 is 11.5 Å². The van der Waals surface area contributed by atoms with E-state index in [9.17, 15) is 14.3 Å². The molecule has 5 nitrogen and oxygen atoms in total. The second-order valence-corrected chi connectivity index (χ2v) is 6.98. The monoisotopic (exact) mass is 333 g/mol. The van der Waals surface area contributed by atoms with Crippen molar-refractivity contribution in [2.24, 2.45) is 11.3 Å². The van der Waals surface area contributed by atoms with Crippen LogP contribution in [-0.4, -0.2) is 33.4 Å². The second-order valence-electron chi connectivity index (χ2n) is 6.98. The quantitative estimate of drug-likeness (QED) is 0.854. The zero-order valence-electron chi connectivity index (χ0n) is 14.5. The average Bonchev–Trinajstić information content (AvgIpc) is 3.02. The highest BCUT2D eigenvalue weighted by Gasteiger charge is 2.30. The van der Waals surface area contributed by atoms with E-state index in [0.29, 0.717) is 12.2 Å². The molecule has 6 heteroatoms. The summed E-state index contributed by atoms with van der Waals surface area (Å²) < 4.78 is 14.5. The minimum Gasteiger partial charge on any atom is -0.392 e. The Labute approximate surface area is 141 Å². The molecule has 0 spiro atoms. The van der Waals surface area contributed by atoms with Crippen LogP contribution >= 0.6 is 0 Å². The Bertz CT molecular complexity index is 693. The first kappa shape index (κ1) is 18.1. The molecule has 2 N–H and O–H groups in total.